The van der Waals surface area contributed by atoms with Crippen LogP contribution in [0.15, 0.2) is 29.0 Å². The Morgan fingerprint density at radius 1 is 1.43 bits per heavy atom. The molecule has 0 aliphatic rings. The monoisotopic (exact) mass is 330 g/mol. The predicted octanol–water partition coefficient (Wildman–Crippen LogP) is 3.09. The Hall–Kier alpha value is -2.57. The molecule has 0 amide bonds. The Bertz CT molecular complexity index is 699. The molecule has 23 heavy (non-hydrogen) atoms. The fourth-order valence-corrected chi connectivity index (χ4v) is 2.20. The van der Waals surface area contributed by atoms with E-state index >= 15 is 0 Å². The van der Waals surface area contributed by atoms with Crippen LogP contribution in [-0.2, 0) is 13.0 Å². The predicted molar refractivity (Wildman–Crippen MR) is 90.7 cm³/mol. The number of aromatic nitrogens is 2. The average molecular weight is 331 g/mol. The summed E-state index contributed by atoms with van der Waals surface area (Å²) in [5.41, 5.74) is 6.38. The highest BCUT2D eigenvalue weighted by atomic mass is 35.5. The van der Waals surface area contributed by atoms with Crippen LogP contribution < -0.4 is 5.73 Å². The molecule has 0 atom stereocenters. The highest BCUT2D eigenvalue weighted by molar-refractivity contribution is 6.32. The van der Waals surface area contributed by atoms with Crippen LogP contribution in [0.2, 0.25) is 5.15 Å². The summed E-state index contributed by atoms with van der Waals surface area (Å²) < 4.78 is 1.72. The lowest BCUT2D eigenvalue weighted by Gasteiger charge is -2.01. The van der Waals surface area contributed by atoms with E-state index in [0.717, 1.165) is 25.0 Å². The Morgan fingerprint density at radius 2 is 2.17 bits per heavy atom. The third-order valence-electron chi connectivity index (χ3n) is 3.12. The standard InChI is InChI=1S/C16H19ClN6/c1-3-5-6-8-23-16(17)12(14(22-23)7-4-2)11-21-15(10-19)13(20)9-18/h4,11H,2-3,5-8,20H2,1H3. The molecule has 0 radical (unpaired) electrons. The molecule has 0 fully saturated rings. The number of unbranched alkanes of at least 4 members (excludes halogenated alkanes) is 2. The molecule has 0 spiro atoms. The van der Waals surface area contributed by atoms with Crippen molar-refractivity contribution >= 4 is 17.8 Å². The van der Waals surface area contributed by atoms with Gasteiger partial charge in [-0.15, -0.1) is 6.58 Å². The Labute approximate surface area is 141 Å². The SMILES string of the molecule is C=CCc1nn(CCCCC)c(Cl)c1C=NC(C#N)=C(N)C#N. The third kappa shape index (κ3) is 4.98. The van der Waals surface area contributed by atoms with Crippen molar-refractivity contribution in [2.24, 2.45) is 10.7 Å². The number of rotatable bonds is 8. The highest BCUT2D eigenvalue weighted by Crippen LogP contribution is 2.20. The molecule has 1 aromatic rings. The second-order valence-electron chi connectivity index (χ2n) is 4.82. The third-order valence-corrected chi connectivity index (χ3v) is 3.52. The van der Waals surface area contributed by atoms with Gasteiger partial charge < -0.3 is 5.73 Å². The minimum Gasteiger partial charge on any atom is -0.388 e. The number of nitrogens with zero attached hydrogens (tertiary/aromatic N) is 5. The fourth-order valence-electron chi connectivity index (χ4n) is 1.92. The van der Waals surface area contributed by atoms with Crippen molar-refractivity contribution in [1.29, 1.82) is 10.5 Å². The molecule has 6 nitrogen and oxygen atoms in total. The second-order valence-corrected chi connectivity index (χ2v) is 5.18. The number of halogens is 1. The van der Waals surface area contributed by atoms with Gasteiger partial charge >= 0.3 is 0 Å². The van der Waals surface area contributed by atoms with Gasteiger partial charge in [-0.1, -0.05) is 37.4 Å². The quantitative estimate of drug-likeness (QED) is 0.342. The summed E-state index contributed by atoms with van der Waals surface area (Å²) in [6, 6.07) is 3.48. The summed E-state index contributed by atoms with van der Waals surface area (Å²) in [7, 11) is 0. The van der Waals surface area contributed by atoms with Gasteiger partial charge in [-0.25, -0.2) is 4.99 Å². The minimum atomic E-state index is -0.236. The van der Waals surface area contributed by atoms with E-state index in [2.05, 4.69) is 23.6 Å². The van der Waals surface area contributed by atoms with Crippen LogP contribution >= 0.6 is 11.6 Å². The van der Waals surface area contributed by atoms with E-state index in [1.165, 1.54) is 6.21 Å². The smallest absolute Gasteiger partial charge is 0.174 e. The molecule has 0 saturated heterocycles. The summed E-state index contributed by atoms with van der Waals surface area (Å²) in [6.45, 7) is 6.54. The summed E-state index contributed by atoms with van der Waals surface area (Å²) >= 11 is 6.36. The van der Waals surface area contributed by atoms with Gasteiger partial charge in [-0.2, -0.15) is 15.6 Å². The molecule has 1 rings (SSSR count). The first-order valence-corrected chi connectivity index (χ1v) is 7.66. The van der Waals surface area contributed by atoms with Crippen LogP contribution in [0.1, 0.15) is 37.4 Å². The van der Waals surface area contributed by atoms with E-state index in [1.54, 1.807) is 22.9 Å². The zero-order valence-corrected chi connectivity index (χ0v) is 13.8. The first-order valence-electron chi connectivity index (χ1n) is 7.29. The maximum atomic E-state index is 8.97. The molecule has 0 aliphatic carbocycles. The Kier molecular flexibility index (Phi) is 7.59. The first kappa shape index (κ1) is 18.5. The number of nitrogens with two attached hydrogens (primary N) is 1. The van der Waals surface area contributed by atoms with Crippen molar-refractivity contribution in [1.82, 2.24) is 9.78 Å². The van der Waals surface area contributed by atoms with Gasteiger partial charge in [0.25, 0.3) is 0 Å². The maximum Gasteiger partial charge on any atom is 0.174 e. The number of allylic oxidation sites excluding steroid dienone is 3. The van der Waals surface area contributed by atoms with Crippen LogP contribution in [0, 0.1) is 22.7 Å². The van der Waals surface area contributed by atoms with Crippen LogP contribution in [0.3, 0.4) is 0 Å². The van der Waals surface area contributed by atoms with E-state index in [1.807, 2.05) is 0 Å². The summed E-state index contributed by atoms with van der Waals surface area (Å²) in [6.07, 6.45) is 6.85. The Morgan fingerprint density at radius 3 is 2.74 bits per heavy atom. The van der Waals surface area contributed by atoms with Crippen LogP contribution in [0.25, 0.3) is 0 Å². The van der Waals surface area contributed by atoms with Gasteiger partial charge in [0, 0.05) is 19.2 Å². The van der Waals surface area contributed by atoms with Crippen molar-refractivity contribution in [3.05, 3.63) is 40.5 Å². The average Bonchev–Trinajstić information content (AvgIpc) is 2.84. The molecule has 0 aromatic carbocycles. The topological polar surface area (TPSA) is 104 Å². The van der Waals surface area contributed by atoms with Crippen molar-refractivity contribution in [3.8, 4) is 12.1 Å². The molecular weight excluding hydrogens is 312 g/mol. The van der Waals surface area contributed by atoms with Gasteiger partial charge in [0.1, 0.15) is 23.0 Å². The van der Waals surface area contributed by atoms with Gasteiger partial charge in [0.05, 0.1) is 11.3 Å². The fraction of sp³-hybridized carbons (Fsp3) is 0.375. The lowest BCUT2D eigenvalue weighted by atomic mass is 10.2. The summed E-state index contributed by atoms with van der Waals surface area (Å²) in [5.74, 6) is 0. The molecule has 1 heterocycles. The van der Waals surface area contributed by atoms with Gasteiger partial charge in [-0.05, 0) is 6.42 Å². The van der Waals surface area contributed by atoms with Crippen LogP contribution in [0.5, 0.6) is 0 Å². The zero-order chi connectivity index (χ0) is 17.2. The Balaban J connectivity index is 3.16. The summed E-state index contributed by atoms with van der Waals surface area (Å²) in [4.78, 5) is 3.97. The zero-order valence-electron chi connectivity index (χ0n) is 13.1. The van der Waals surface area contributed by atoms with Crippen LogP contribution in [-0.4, -0.2) is 16.0 Å². The molecular formula is C16H19ClN6. The van der Waals surface area contributed by atoms with Gasteiger partial charge in [0.15, 0.2) is 5.70 Å². The number of aryl methyl sites for hydroxylation is 1. The molecule has 0 saturated carbocycles. The number of hydrogen-bond acceptors (Lipinski definition) is 5. The molecule has 2 N–H and O–H groups in total. The van der Waals surface area contributed by atoms with Gasteiger partial charge in [0.2, 0.25) is 0 Å². The van der Waals surface area contributed by atoms with E-state index in [0.29, 0.717) is 23.7 Å². The second kappa shape index (κ2) is 9.45. The maximum absolute atomic E-state index is 8.97. The van der Waals surface area contributed by atoms with Crippen molar-refractivity contribution in [2.45, 2.75) is 39.2 Å². The highest BCUT2D eigenvalue weighted by Gasteiger charge is 2.14. The number of aliphatic imine (C=N–C) groups is 1. The van der Waals surface area contributed by atoms with E-state index < -0.39 is 0 Å². The molecule has 0 aliphatic heterocycles. The normalized spacial score (nSPS) is 11.8. The molecule has 0 bridgehead atoms. The largest absolute Gasteiger partial charge is 0.388 e. The van der Waals surface area contributed by atoms with Gasteiger partial charge in [-0.3, -0.25) is 4.68 Å². The van der Waals surface area contributed by atoms with E-state index in [-0.39, 0.29) is 11.4 Å². The number of nitriles is 2. The van der Waals surface area contributed by atoms with Crippen molar-refractivity contribution in [3.63, 3.8) is 0 Å². The summed E-state index contributed by atoms with van der Waals surface area (Å²) in [5, 5.41) is 22.6. The lowest BCUT2D eigenvalue weighted by molar-refractivity contribution is 0.550. The molecule has 1 aromatic heterocycles. The van der Waals surface area contributed by atoms with Crippen LogP contribution in [0.4, 0.5) is 0 Å². The van der Waals surface area contributed by atoms with Crippen molar-refractivity contribution < 1.29 is 0 Å². The van der Waals surface area contributed by atoms with E-state index in [4.69, 9.17) is 27.9 Å². The van der Waals surface area contributed by atoms with E-state index in [9.17, 15) is 0 Å². The first-order chi connectivity index (χ1) is 11.1. The molecule has 7 heteroatoms. The number of hydrogen-bond donors (Lipinski definition) is 1. The van der Waals surface area contributed by atoms with Crippen molar-refractivity contribution in [2.75, 3.05) is 0 Å². The molecule has 0 unspecified atom stereocenters. The molecule has 120 valence electrons. The lowest BCUT2D eigenvalue weighted by Crippen LogP contribution is -2.00. The minimum absolute atomic E-state index is 0.146.